The number of nitrogens with two attached hydrogens (primary N) is 1. The zero-order valence-electron chi connectivity index (χ0n) is 11.8. The van der Waals surface area contributed by atoms with Gasteiger partial charge in [-0.25, -0.2) is 8.42 Å². The van der Waals surface area contributed by atoms with Crippen molar-refractivity contribution in [1.29, 1.82) is 0 Å². The van der Waals surface area contributed by atoms with Crippen LogP contribution in [0.15, 0.2) is 47.4 Å². The van der Waals surface area contributed by atoms with Crippen molar-refractivity contribution in [3.8, 4) is 0 Å². The number of aryl methyl sites for hydroxylation is 1. The van der Waals surface area contributed by atoms with E-state index in [0.717, 1.165) is 17.2 Å². The zero-order valence-corrected chi connectivity index (χ0v) is 12.6. The summed E-state index contributed by atoms with van der Waals surface area (Å²) in [5.41, 5.74) is 7.01. The SMILES string of the molecule is Cc1cc(CN)cc(NS(=O)(=O)c2ccccc2[N+](=O)[O-])c1. The molecule has 0 aliphatic carbocycles. The molecule has 0 saturated heterocycles. The lowest BCUT2D eigenvalue weighted by molar-refractivity contribution is -0.387. The van der Waals surface area contributed by atoms with Crippen molar-refractivity contribution >= 4 is 21.4 Å². The molecule has 116 valence electrons. The highest BCUT2D eigenvalue weighted by Crippen LogP contribution is 2.26. The number of rotatable bonds is 5. The third kappa shape index (κ3) is 3.41. The second-order valence-corrected chi connectivity index (χ2v) is 6.39. The maximum Gasteiger partial charge on any atom is 0.289 e. The van der Waals surface area contributed by atoms with Crippen LogP contribution in [0.5, 0.6) is 0 Å². The Morgan fingerprint density at radius 2 is 1.91 bits per heavy atom. The average Bonchev–Trinajstić information content (AvgIpc) is 2.46. The van der Waals surface area contributed by atoms with Crippen LogP contribution in [0.1, 0.15) is 11.1 Å². The van der Waals surface area contributed by atoms with Gasteiger partial charge in [0.2, 0.25) is 0 Å². The summed E-state index contributed by atoms with van der Waals surface area (Å²) < 4.78 is 27.1. The van der Waals surface area contributed by atoms with Gasteiger partial charge in [0, 0.05) is 18.3 Å². The second-order valence-electron chi connectivity index (χ2n) is 4.74. The number of nitrogens with one attached hydrogen (secondary N) is 1. The summed E-state index contributed by atoms with van der Waals surface area (Å²) in [5.74, 6) is 0. The van der Waals surface area contributed by atoms with Crippen LogP contribution in [-0.2, 0) is 16.6 Å². The van der Waals surface area contributed by atoms with Crippen molar-refractivity contribution in [3.63, 3.8) is 0 Å². The Balaban J connectivity index is 2.45. The van der Waals surface area contributed by atoms with Crippen molar-refractivity contribution in [2.75, 3.05) is 4.72 Å². The predicted octanol–water partition coefficient (Wildman–Crippen LogP) is 2.16. The quantitative estimate of drug-likeness (QED) is 0.646. The van der Waals surface area contributed by atoms with Crippen molar-refractivity contribution in [2.24, 2.45) is 5.73 Å². The van der Waals surface area contributed by atoms with Crippen LogP contribution < -0.4 is 10.5 Å². The van der Waals surface area contributed by atoms with Gasteiger partial charge in [-0.3, -0.25) is 14.8 Å². The molecule has 0 atom stereocenters. The van der Waals surface area contributed by atoms with Gasteiger partial charge in [0.1, 0.15) is 0 Å². The van der Waals surface area contributed by atoms with Gasteiger partial charge in [-0.15, -0.1) is 0 Å². The molecule has 0 unspecified atom stereocenters. The number of benzene rings is 2. The number of nitro benzene ring substituents is 1. The average molecular weight is 321 g/mol. The van der Waals surface area contributed by atoms with E-state index in [4.69, 9.17) is 5.73 Å². The minimum atomic E-state index is -4.06. The van der Waals surface area contributed by atoms with E-state index in [0.29, 0.717) is 5.69 Å². The lowest BCUT2D eigenvalue weighted by Gasteiger charge is -2.10. The third-order valence-corrected chi connectivity index (χ3v) is 4.41. The van der Waals surface area contributed by atoms with Crippen LogP contribution in [0.3, 0.4) is 0 Å². The van der Waals surface area contributed by atoms with E-state index in [2.05, 4.69) is 4.72 Å². The number of sulfonamides is 1. The molecule has 0 aromatic heterocycles. The first kappa shape index (κ1) is 15.9. The second kappa shape index (κ2) is 6.12. The Morgan fingerprint density at radius 3 is 2.55 bits per heavy atom. The highest BCUT2D eigenvalue weighted by atomic mass is 32.2. The van der Waals surface area contributed by atoms with E-state index in [9.17, 15) is 18.5 Å². The molecule has 0 aliphatic rings. The van der Waals surface area contributed by atoms with Gasteiger partial charge in [-0.1, -0.05) is 18.2 Å². The minimum absolute atomic E-state index is 0.266. The normalized spacial score (nSPS) is 11.2. The molecule has 7 nitrogen and oxygen atoms in total. The number of para-hydroxylation sites is 1. The van der Waals surface area contributed by atoms with Crippen molar-refractivity contribution < 1.29 is 13.3 Å². The van der Waals surface area contributed by atoms with Crippen molar-refractivity contribution in [3.05, 3.63) is 63.7 Å². The number of anilines is 1. The lowest BCUT2D eigenvalue weighted by Crippen LogP contribution is -2.15. The molecular weight excluding hydrogens is 306 g/mol. The summed E-state index contributed by atoms with van der Waals surface area (Å²) in [7, 11) is -4.06. The molecule has 0 heterocycles. The van der Waals surface area contributed by atoms with Crippen LogP contribution in [0.2, 0.25) is 0 Å². The largest absolute Gasteiger partial charge is 0.326 e. The molecule has 0 amide bonds. The van der Waals surface area contributed by atoms with Gasteiger partial charge in [0.25, 0.3) is 15.7 Å². The summed E-state index contributed by atoms with van der Waals surface area (Å²) in [6.45, 7) is 2.07. The molecule has 2 aromatic carbocycles. The highest BCUT2D eigenvalue weighted by Gasteiger charge is 2.25. The monoisotopic (exact) mass is 321 g/mol. The minimum Gasteiger partial charge on any atom is -0.326 e. The first-order valence-corrected chi connectivity index (χ1v) is 7.88. The van der Waals surface area contributed by atoms with Crippen molar-refractivity contribution in [1.82, 2.24) is 0 Å². The van der Waals surface area contributed by atoms with Gasteiger partial charge in [-0.2, -0.15) is 0 Å². The first-order valence-electron chi connectivity index (χ1n) is 6.40. The summed E-state index contributed by atoms with van der Waals surface area (Å²) in [4.78, 5) is 9.87. The van der Waals surface area contributed by atoms with Crippen LogP contribution >= 0.6 is 0 Å². The Labute approximate surface area is 128 Å². The topological polar surface area (TPSA) is 115 Å². The maximum absolute atomic E-state index is 12.4. The molecule has 0 saturated carbocycles. The van der Waals surface area contributed by atoms with Crippen LogP contribution in [-0.4, -0.2) is 13.3 Å². The van der Waals surface area contributed by atoms with Gasteiger partial charge in [0.05, 0.1) is 4.92 Å². The fourth-order valence-electron chi connectivity index (χ4n) is 2.08. The summed E-state index contributed by atoms with van der Waals surface area (Å²) >= 11 is 0. The Hall–Kier alpha value is -2.45. The van der Waals surface area contributed by atoms with E-state index in [1.165, 1.54) is 18.2 Å². The van der Waals surface area contributed by atoms with E-state index < -0.39 is 20.6 Å². The van der Waals surface area contributed by atoms with Crippen LogP contribution in [0.25, 0.3) is 0 Å². The molecule has 2 rings (SSSR count). The van der Waals surface area contributed by atoms with Gasteiger partial charge >= 0.3 is 0 Å². The first-order chi connectivity index (χ1) is 10.3. The van der Waals surface area contributed by atoms with Crippen LogP contribution in [0.4, 0.5) is 11.4 Å². The third-order valence-electron chi connectivity index (χ3n) is 2.98. The van der Waals surface area contributed by atoms with E-state index in [1.54, 1.807) is 12.1 Å². The Morgan fingerprint density at radius 1 is 1.23 bits per heavy atom. The molecule has 0 spiro atoms. The van der Waals surface area contributed by atoms with E-state index >= 15 is 0 Å². The predicted molar refractivity (Wildman–Crippen MR) is 83.0 cm³/mol. The lowest BCUT2D eigenvalue weighted by atomic mass is 10.1. The van der Waals surface area contributed by atoms with Gasteiger partial charge in [0.15, 0.2) is 4.90 Å². The molecule has 0 bridgehead atoms. The van der Waals surface area contributed by atoms with Crippen LogP contribution in [0, 0.1) is 17.0 Å². The fourth-order valence-corrected chi connectivity index (χ4v) is 3.30. The summed E-state index contributed by atoms with van der Waals surface area (Å²) in [6, 6.07) is 10.3. The molecule has 0 fully saturated rings. The maximum atomic E-state index is 12.4. The van der Waals surface area contributed by atoms with Gasteiger partial charge < -0.3 is 5.73 Å². The number of nitrogens with zero attached hydrogens (tertiary/aromatic N) is 1. The standard InChI is InChI=1S/C14H15N3O4S/c1-10-6-11(9-15)8-12(7-10)16-22(20,21)14-5-3-2-4-13(14)17(18)19/h2-8,16H,9,15H2,1H3. The molecule has 8 heteroatoms. The number of nitro groups is 1. The van der Waals surface area contributed by atoms with E-state index in [-0.39, 0.29) is 11.4 Å². The van der Waals surface area contributed by atoms with Gasteiger partial charge in [-0.05, 0) is 36.2 Å². The molecule has 3 N–H and O–H groups in total. The molecule has 22 heavy (non-hydrogen) atoms. The molecule has 0 aliphatic heterocycles. The smallest absolute Gasteiger partial charge is 0.289 e. The Kier molecular flexibility index (Phi) is 4.43. The fraction of sp³-hybridized carbons (Fsp3) is 0.143. The number of hydrogen-bond acceptors (Lipinski definition) is 5. The highest BCUT2D eigenvalue weighted by molar-refractivity contribution is 7.92. The van der Waals surface area contributed by atoms with E-state index in [1.807, 2.05) is 13.0 Å². The zero-order chi connectivity index (χ0) is 16.3. The molecule has 2 aromatic rings. The van der Waals surface area contributed by atoms with Crippen molar-refractivity contribution in [2.45, 2.75) is 18.4 Å². The summed E-state index contributed by atoms with van der Waals surface area (Å²) in [5, 5.41) is 11.0. The summed E-state index contributed by atoms with van der Waals surface area (Å²) in [6.07, 6.45) is 0. The molecule has 0 radical (unpaired) electrons. The molecular formula is C14H15N3O4S. The number of hydrogen-bond donors (Lipinski definition) is 2. The Bertz CT molecular complexity index is 819.